The minimum absolute atomic E-state index is 0.322. The van der Waals surface area contributed by atoms with Crippen molar-refractivity contribution in [3.8, 4) is 24.0 Å². The number of nitrogens with zero attached hydrogens (tertiary/aromatic N) is 2. The molecule has 0 spiro atoms. The van der Waals surface area contributed by atoms with Crippen molar-refractivity contribution in [3.05, 3.63) is 60.7 Å². The van der Waals surface area contributed by atoms with Crippen LogP contribution in [-0.2, 0) is 0 Å². The molecule has 0 saturated heterocycles. The van der Waals surface area contributed by atoms with Crippen LogP contribution in [0.25, 0.3) is 0 Å². The van der Waals surface area contributed by atoms with Gasteiger partial charge in [-0.25, -0.2) is 0 Å². The Bertz CT molecular complexity index is 455. The second-order valence-electron chi connectivity index (χ2n) is 2.87. The summed E-state index contributed by atoms with van der Waals surface area (Å²) in [6.45, 7) is 0. The molecule has 0 bridgehead atoms. The van der Waals surface area contributed by atoms with E-state index in [2.05, 4.69) is 0 Å². The Morgan fingerprint density at radius 3 is 0.900 bits per heavy atom. The van der Waals surface area contributed by atoms with Crippen LogP contribution in [0, 0.1) is 23.0 Å². The highest BCUT2D eigenvalue weighted by molar-refractivity contribution is 5.19. The van der Waals surface area contributed by atoms with Gasteiger partial charge in [0.25, 0.3) is 12.5 Å². The van der Waals surface area contributed by atoms with Gasteiger partial charge in [0, 0.05) is 0 Å². The number of aliphatic hydroxyl groups excluding tert-OH is 2. The Balaban J connectivity index is 0. The summed E-state index contributed by atoms with van der Waals surface area (Å²) >= 11 is 0. The van der Waals surface area contributed by atoms with Gasteiger partial charge in [-0.05, 0) is 24.3 Å². The lowest BCUT2D eigenvalue weighted by Crippen LogP contribution is -1.56. The molecule has 6 nitrogen and oxygen atoms in total. The van der Waals surface area contributed by atoms with Crippen LogP contribution < -0.4 is 0 Å². The van der Waals surface area contributed by atoms with E-state index in [0.29, 0.717) is 11.5 Å². The number of rotatable bonds is 0. The second kappa shape index (κ2) is 15.6. The minimum atomic E-state index is 0.322. The van der Waals surface area contributed by atoms with Crippen molar-refractivity contribution in [3.63, 3.8) is 0 Å². The van der Waals surface area contributed by atoms with Crippen molar-refractivity contribution in [2.45, 2.75) is 0 Å². The molecule has 2 aromatic rings. The third kappa shape index (κ3) is 17.0. The van der Waals surface area contributed by atoms with Crippen LogP contribution in [0.5, 0.6) is 11.5 Å². The molecule has 0 saturated carbocycles. The van der Waals surface area contributed by atoms with E-state index in [1.54, 1.807) is 48.5 Å². The van der Waals surface area contributed by atoms with Crippen molar-refractivity contribution in [1.29, 1.82) is 10.5 Å². The average molecular weight is 274 g/mol. The smallest absolute Gasteiger partial charge is 0.283 e. The van der Waals surface area contributed by atoms with Gasteiger partial charge in [0.2, 0.25) is 0 Å². The molecule has 0 radical (unpaired) electrons. The van der Waals surface area contributed by atoms with Gasteiger partial charge in [0.15, 0.2) is 0 Å². The summed E-state index contributed by atoms with van der Waals surface area (Å²) in [7, 11) is 0. The molecule has 0 aliphatic carbocycles. The van der Waals surface area contributed by atoms with Gasteiger partial charge in [0.1, 0.15) is 11.5 Å². The van der Waals surface area contributed by atoms with Gasteiger partial charge in [-0.2, -0.15) is 10.5 Å². The molecule has 2 aromatic carbocycles. The molecule has 20 heavy (non-hydrogen) atoms. The first-order valence-corrected chi connectivity index (χ1v) is 5.16. The number of para-hydroxylation sites is 2. The molecular weight excluding hydrogens is 260 g/mol. The third-order valence-corrected chi connectivity index (χ3v) is 1.51. The van der Waals surface area contributed by atoms with E-state index in [-0.39, 0.29) is 0 Å². The Morgan fingerprint density at radius 1 is 0.600 bits per heavy atom. The summed E-state index contributed by atoms with van der Waals surface area (Å²) in [4.78, 5) is 0. The molecule has 0 aromatic heterocycles. The van der Waals surface area contributed by atoms with Gasteiger partial charge in [0.05, 0.1) is 0 Å². The SMILES string of the molecule is N#CO.N#CO.Oc1ccccc1.Oc1ccccc1. The molecule has 0 amide bonds. The highest BCUT2D eigenvalue weighted by Gasteiger charge is 1.75. The van der Waals surface area contributed by atoms with E-state index in [1.165, 1.54) is 0 Å². The zero-order valence-electron chi connectivity index (χ0n) is 10.5. The lowest BCUT2D eigenvalue weighted by atomic mass is 10.3. The largest absolute Gasteiger partial charge is 0.508 e. The Morgan fingerprint density at radius 2 is 0.800 bits per heavy atom. The molecule has 0 atom stereocenters. The van der Waals surface area contributed by atoms with Crippen molar-refractivity contribution in [2.24, 2.45) is 0 Å². The number of aliphatic hydroxyl groups is 2. The predicted octanol–water partition coefficient (Wildman–Crippen LogP) is 2.46. The van der Waals surface area contributed by atoms with Gasteiger partial charge < -0.3 is 20.4 Å². The average Bonchev–Trinajstić information content (AvgIpc) is 2.43. The zero-order valence-corrected chi connectivity index (χ0v) is 10.5. The van der Waals surface area contributed by atoms with Crippen LogP contribution in [0.3, 0.4) is 0 Å². The standard InChI is InChI=1S/2C6H6O.2CHNO/c2*7-6-4-2-1-3-5-6;2*2-1-3/h2*1-5,7H;2*3H. The van der Waals surface area contributed by atoms with Crippen LogP contribution >= 0.6 is 0 Å². The van der Waals surface area contributed by atoms with Crippen LogP contribution in [0.4, 0.5) is 0 Å². The van der Waals surface area contributed by atoms with E-state index in [1.807, 2.05) is 12.1 Å². The van der Waals surface area contributed by atoms with Gasteiger partial charge in [-0.1, -0.05) is 36.4 Å². The maximum atomic E-state index is 8.63. The van der Waals surface area contributed by atoms with Crippen molar-refractivity contribution >= 4 is 0 Å². The predicted molar refractivity (Wildman–Crippen MR) is 71.3 cm³/mol. The summed E-state index contributed by atoms with van der Waals surface area (Å²) in [5, 5.41) is 44.8. The number of aromatic hydroxyl groups is 2. The summed E-state index contributed by atoms with van der Waals surface area (Å²) in [5.41, 5.74) is 0. The fourth-order valence-corrected chi connectivity index (χ4v) is 0.856. The monoisotopic (exact) mass is 274 g/mol. The van der Waals surface area contributed by atoms with E-state index < -0.39 is 0 Å². The number of benzene rings is 2. The van der Waals surface area contributed by atoms with Gasteiger partial charge in [-0.3, -0.25) is 0 Å². The van der Waals surface area contributed by atoms with E-state index in [9.17, 15) is 0 Å². The first kappa shape index (κ1) is 19.0. The van der Waals surface area contributed by atoms with Crippen LogP contribution in [-0.4, -0.2) is 20.4 Å². The fraction of sp³-hybridized carbons (Fsp3) is 0. The molecule has 0 aliphatic heterocycles. The van der Waals surface area contributed by atoms with Crippen molar-refractivity contribution in [1.82, 2.24) is 0 Å². The minimum Gasteiger partial charge on any atom is -0.508 e. The molecule has 4 N–H and O–H groups in total. The summed E-state index contributed by atoms with van der Waals surface area (Å²) < 4.78 is 0. The van der Waals surface area contributed by atoms with Crippen LogP contribution in [0.2, 0.25) is 0 Å². The Hall–Kier alpha value is -3.38. The maximum Gasteiger partial charge on any atom is 0.283 e. The van der Waals surface area contributed by atoms with E-state index >= 15 is 0 Å². The normalized spacial score (nSPS) is 6.70. The number of phenolic OH excluding ortho intramolecular Hbond substituents is 2. The van der Waals surface area contributed by atoms with Crippen LogP contribution in [0.1, 0.15) is 0 Å². The topological polar surface area (TPSA) is 128 Å². The third-order valence-electron chi connectivity index (χ3n) is 1.51. The maximum absolute atomic E-state index is 8.63. The first-order chi connectivity index (χ1) is 9.62. The van der Waals surface area contributed by atoms with Gasteiger partial charge in [-0.15, -0.1) is 0 Å². The first-order valence-electron chi connectivity index (χ1n) is 5.16. The van der Waals surface area contributed by atoms with Crippen molar-refractivity contribution < 1.29 is 20.4 Å². The number of hydrogen-bond acceptors (Lipinski definition) is 6. The number of nitriles is 2. The van der Waals surface area contributed by atoms with E-state index in [4.69, 9.17) is 30.9 Å². The summed E-state index contributed by atoms with van der Waals surface area (Å²) in [5.74, 6) is 0.644. The van der Waals surface area contributed by atoms with Crippen LogP contribution in [0.15, 0.2) is 60.7 Å². The zero-order chi connectivity index (χ0) is 15.6. The lowest BCUT2D eigenvalue weighted by molar-refractivity contribution is 0.475. The molecular formula is C14H14N2O4. The molecule has 104 valence electrons. The van der Waals surface area contributed by atoms with E-state index in [0.717, 1.165) is 12.5 Å². The second-order valence-corrected chi connectivity index (χ2v) is 2.87. The Kier molecular flexibility index (Phi) is 14.8. The van der Waals surface area contributed by atoms with Crippen molar-refractivity contribution in [2.75, 3.05) is 0 Å². The summed E-state index contributed by atoms with van der Waals surface area (Å²) in [6.07, 6.45) is 1.50. The lowest BCUT2D eigenvalue weighted by Gasteiger charge is -1.82. The molecule has 2 rings (SSSR count). The number of phenols is 2. The molecule has 0 unspecified atom stereocenters. The fourth-order valence-electron chi connectivity index (χ4n) is 0.856. The molecule has 0 aliphatic rings. The highest BCUT2D eigenvalue weighted by atomic mass is 16.3. The molecule has 6 heteroatoms. The quantitative estimate of drug-likeness (QED) is 0.546. The molecule has 0 fully saturated rings. The highest BCUT2D eigenvalue weighted by Crippen LogP contribution is 2.03. The summed E-state index contributed by atoms with van der Waals surface area (Å²) in [6, 6.07) is 17.4. The number of hydrogen-bond donors (Lipinski definition) is 4. The Labute approximate surface area is 116 Å². The molecule has 0 heterocycles. The van der Waals surface area contributed by atoms with Gasteiger partial charge >= 0.3 is 0 Å².